The SMILES string of the molecule is O=C1CCCN1c1cc(C2CC2)cn2cc(CO)nc12. The molecule has 0 unspecified atom stereocenters. The van der Waals surface area contributed by atoms with E-state index in [1.165, 1.54) is 18.4 Å². The number of carbonyl (C=O) groups excluding carboxylic acids is 1. The third-order valence-electron chi connectivity index (χ3n) is 4.18. The van der Waals surface area contributed by atoms with Crippen LogP contribution in [0.2, 0.25) is 0 Å². The van der Waals surface area contributed by atoms with Gasteiger partial charge >= 0.3 is 0 Å². The minimum absolute atomic E-state index is 0.0756. The predicted octanol–water partition coefficient (Wildman–Crippen LogP) is 1.83. The van der Waals surface area contributed by atoms with E-state index in [0.717, 1.165) is 24.3 Å². The topological polar surface area (TPSA) is 57.8 Å². The van der Waals surface area contributed by atoms with Gasteiger partial charge in [-0.15, -0.1) is 0 Å². The molecule has 104 valence electrons. The summed E-state index contributed by atoms with van der Waals surface area (Å²) in [4.78, 5) is 18.3. The van der Waals surface area contributed by atoms with Gasteiger partial charge in [-0.3, -0.25) is 4.79 Å². The van der Waals surface area contributed by atoms with Crippen molar-refractivity contribution in [3.8, 4) is 0 Å². The van der Waals surface area contributed by atoms with Gasteiger partial charge in [-0.2, -0.15) is 0 Å². The number of rotatable bonds is 3. The largest absolute Gasteiger partial charge is 0.390 e. The van der Waals surface area contributed by atoms with Crippen molar-refractivity contribution < 1.29 is 9.90 Å². The van der Waals surface area contributed by atoms with Crippen LogP contribution in [0.15, 0.2) is 18.5 Å². The summed E-state index contributed by atoms with van der Waals surface area (Å²) in [7, 11) is 0. The number of hydrogen-bond donors (Lipinski definition) is 1. The average Bonchev–Trinajstić information content (AvgIpc) is 3.08. The Balaban J connectivity index is 1.90. The van der Waals surface area contributed by atoms with Crippen molar-refractivity contribution >= 4 is 17.2 Å². The molecule has 20 heavy (non-hydrogen) atoms. The van der Waals surface area contributed by atoms with Crippen LogP contribution in [-0.2, 0) is 11.4 Å². The highest BCUT2D eigenvalue weighted by molar-refractivity contribution is 5.98. The molecule has 2 aliphatic rings. The number of aromatic nitrogens is 2. The molecule has 1 aliphatic carbocycles. The van der Waals surface area contributed by atoms with E-state index in [1.54, 1.807) is 0 Å². The van der Waals surface area contributed by atoms with Gasteiger partial charge < -0.3 is 14.4 Å². The van der Waals surface area contributed by atoms with E-state index in [4.69, 9.17) is 0 Å². The number of aliphatic hydroxyl groups excluding tert-OH is 1. The maximum absolute atomic E-state index is 12.0. The summed E-state index contributed by atoms with van der Waals surface area (Å²) >= 11 is 0. The first-order valence-corrected chi connectivity index (χ1v) is 7.19. The zero-order valence-electron chi connectivity index (χ0n) is 11.2. The summed E-state index contributed by atoms with van der Waals surface area (Å²) in [5.74, 6) is 0.796. The molecule has 5 heteroatoms. The molecule has 0 radical (unpaired) electrons. The number of hydrogen-bond acceptors (Lipinski definition) is 3. The fourth-order valence-corrected chi connectivity index (χ4v) is 2.97. The van der Waals surface area contributed by atoms with Crippen LogP contribution < -0.4 is 4.90 Å². The molecule has 1 amide bonds. The lowest BCUT2D eigenvalue weighted by atomic mass is 10.1. The normalized spacial score (nSPS) is 19.2. The number of aliphatic hydroxyl groups is 1. The Labute approximate surface area is 116 Å². The Morgan fingerprint density at radius 3 is 2.85 bits per heavy atom. The van der Waals surface area contributed by atoms with Gasteiger partial charge in [-0.25, -0.2) is 4.98 Å². The number of nitrogens with zero attached hydrogens (tertiary/aromatic N) is 3. The van der Waals surface area contributed by atoms with Crippen LogP contribution in [0.3, 0.4) is 0 Å². The lowest BCUT2D eigenvalue weighted by molar-refractivity contribution is -0.117. The molecule has 1 saturated carbocycles. The highest BCUT2D eigenvalue weighted by Crippen LogP contribution is 2.42. The Bertz CT molecular complexity index is 688. The minimum Gasteiger partial charge on any atom is -0.390 e. The van der Waals surface area contributed by atoms with Crippen LogP contribution in [0.5, 0.6) is 0 Å². The highest BCUT2D eigenvalue weighted by Gasteiger charge is 2.29. The fourth-order valence-electron chi connectivity index (χ4n) is 2.97. The molecule has 4 rings (SSSR count). The van der Waals surface area contributed by atoms with E-state index in [1.807, 2.05) is 15.5 Å². The van der Waals surface area contributed by atoms with Gasteiger partial charge in [-0.05, 0) is 36.8 Å². The van der Waals surface area contributed by atoms with Gasteiger partial charge in [0.15, 0.2) is 5.65 Å². The number of pyridine rings is 1. The average molecular weight is 271 g/mol. The van der Waals surface area contributed by atoms with E-state index in [-0.39, 0.29) is 12.5 Å². The molecular weight excluding hydrogens is 254 g/mol. The summed E-state index contributed by atoms with van der Waals surface area (Å²) < 4.78 is 1.96. The Kier molecular flexibility index (Phi) is 2.57. The zero-order chi connectivity index (χ0) is 13.7. The standard InChI is InChI=1S/C15H17N3O2/c19-9-12-8-17-7-11(10-3-4-10)6-13(15(17)16-12)18-5-1-2-14(18)20/h6-8,10,19H,1-5,9H2. The van der Waals surface area contributed by atoms with Crippen molar-refractivity contribution in [2.75, 3.05) is 11.4 Å². The highest BCUT2D eigenvalue weighted by atomic mass is 16.3. The van der Waals surface area contributed by atoms with Gasteiger partial charge in [-0.1, -0.05) is 0 Å². The second-order valence-corrected chi connectivity index (χ2v) is 5.70. The molecule has 0 spiro atoms. The number of imidazole rings is 1. The molecular formula is C15H17N3O2. The molecule has 2 aromatic rings. The zero-order valence-corrected chi connectivity index (χ0v) is 11.2. The summed E-state index contributed by atoms with van der Waals surface area (Å²) in [6.45, 7) is 0.692. The summed E-state index contributed by atoms with van der Waals surface area (Å²) in [6.07, 6.45) is 7.91. The molecule has 0 aromatic carbocycles. The molecule has 2 fully saturated rings. The summed E-state index contributed by atoms with van der Waals surface area (Å²) in [5, 5.41) is 9.28. The molecule has 1 saturated heterocycles. The Morgan fingerprint density at radius 1 is 1.35 bits per heavy atom. The van der Waals surface area contributed by atoms with Gasteiger partial charge in [0.2, 0.25) is 5.91 Å². The number of anilines is 1. The summed E-state index contributed by atoms with van der Waals surface area (Å²) in [6, 6.07) is 2.12. The minimum atomic E-state index is -0.0756. The van der Waals surface area contributed by atoms with Crippen LogP contribution in [0.1, 0.15) is 42.9 Å². The molecule has 5 nitrogen and oxygen atoms in total. The Hall–Kier alpha value is -1.88. The Morgan fingerprint density at radius 2 is 2.20 bits per heavy atom. The first kappa shape index (κ1) is 11.9. The molecule has 3 heterocycles. The number of fused-ring (bicyclic) bond motifs is 1. The molecule has 1 aliphatic heterocycles. The third-order valence-corrected chi connectivity index (χ3v) is 4.18. The lowest BCUT2D eigenvalue weighted by Gasteiger charge is -2.17. The molecule has 0 bridgehead atoms. The van der Waals surface area contributed by atoms with Crippen LogP contribution >= 0.6 is 0 Å². The van der Waals surface area contributed by atoms with Crippen molar-refractivity contribution in [1.82, 2.24) is 9.38 Å². The maximum atomic E-state index is 12.0. The predicted molar refractivity (Wildman–Crippen MR) is 74.7 cm³/mol. The van der Waals surface area contributed by atoms with Crippen molar-refractivity contribution in [3.63, 3.8) is 0 Å². The smallest absolute Gasteiger partial charge is 0.227 e. The number of amides is 1. The van der Waals surface area contributed by atoms with Gasteiger partial charge in [0, 0.05) is 25.4 Å². The monoisotopic (exact) mass is 271 g/mol. The number of carbonyl (C=O) groups is 1. The van der Waals surface area contributed by atoms with E-state index in [9.17, 15) is 9.90 Å². The first-order chi connectivity index (χ1) is 9.76. The van der Waals surface area contributed by atoms with Crippen LogP contribution in [-0.4, -0.2) is 26.9 Å². The van der Waals surface area contributed by atoms with Crippen LogP contribution in [0, 0.1) is 0 Å². The van der Waals surface area contributed by atoms with Gasteiger partial charge in [0.1, 0.15) is 0 Å². The quantitative estimate of drug-likeness (QED) is 0.926. The molecule has 0 atom stereocenters. The third kappa shape index (κ3) is 1.81. The van der Waals surface area contributed by atoms with E-state index in [0.29, 0.717) is 18.0 Å². The second-order valence-electron chi connectivity index (χ2n) is 5.70. The second kappa shape index (κ2) is 4.31. The van der Waals surface area contributed by atoms with Gasteiger partial charge in [0.25, 0.3) is 0 Å². The van der Waals surface area contributed by atoms with Crippen molar-refractivity contribution in [2.45, 2.75) is 38.2 Å². The summed E-state index contributed by atoms with van der Waals surface area (Å²) in [5.41, 5.74) is 3.59. The van der Waals surface area contributed by atoms with E-state index in [2.05, 4.69) is 17.2 Å². The maximum Gasteiger partial charge on any atom is 0.227 e. The van der Waals surface area contributed by atoms with E-state index >= 15 is 0 Å². The van der Waals surface area contributed by atoms with Crippen molar-refractivity contribution in [3.05, 3.63) is 29.7 Å². The fraction of sp³-hybridized carbons (Fsp3) is 0.467. The van der Waals surface area contributed by atoms with Crippen LogP contribution in [0.4, 0.5) is 5.69 Å². The van der Waals surface area contributed by atoms with Crippen molar-refractivity contribution in [2.24, 2.45) is 0 Å². The van der Waals surface area contributed by atoms with Gasteiger partial charge in [0.05, 0.1) is 18.0 Å². The molecule has 1 N–H and O–H groups in total. The first-order valence-electron chi connectivity index (χ1n) is 7.19. The van der Waals surface area contributed by atoms with Crippen molar-refractivity contribution in [1.29, 1.82) is 0 Å². The molecule has 2 aromatic heterocycles. The lowest BCUT2D eigenvalue weighted by Crippen LogP contribution is -2.24. The van der Waals surface area contributed by atoms with Crippen LogP contribution in [0.25, 0.3) is 5.65 Å². The van der Waals surface area contributed by atoms with E-state index < -0.39 is 0 Å².